The van der Waals surface area contributed by atoms with Crippen LogP contribution in [-0.4, -0.2) is 66.7 Å². The number of fused-ring (bicyclic) bond motifs is 1. The molecular formula is C25H27Cl2N3O3. The van der Waals surface area contributed by atoms with Crippen LogP contribution in [0.4, 0.5) is 4.79 Å². The highest BCUT2D eigenvalue weighted by molar-refractivity contribution is 6.36. The summed E-state index contributed by atoms with van der Waals surface area (Å²) in [7, 11) is 0. The van der Waals surface area contributed by atoms with E-state index >= 15 is 0 Å². The molecule has 0 radical (unpaired) electrons. The van der Waals surface area contributed by atoms with Gasteiger partial charge in [0.15, 0.2) is 0 Å². The van der Waals surface area contributed by atoms with Crippen molar-refractivity contribution in [1.29, 1.82) is 0 Å². The van der Waals surface area contributed by atoms with Gasteiger partial charge in [-0.3, -0.25) is 4.79 Å². The summed E-state index contributed by atoms with van der Waals surface area (Å²) in [5.41, 5.74) is 3.32. The molecule has 2 atom stereocenters. The number of piperidine rings is 2. The van der Waals surface area contributed by atoms with Crippen molar-refractivity contribution in [2.24, 2.45) is 0 Å². The van der Waals surface area contributed by atoms with Gasteiger partial charge in [-0.2, -0.15) is 0 Å². The van der Waals surface area contributed by atoms with Gasteiger partial charge in [0.25, 0.3) is 0 Å². The molecule has 5 rings (SSSR count). The molecule has 6 nitrogen and oxygen atoms in total. The van der Waals surface area contributed by atoms with Crippen molar-refractivity contribution >= 4 is 35.1 Å². The quantitative estimate of drug-likeness (QED) is 0.675. The van der Waals surface area contributed by atoms with Crippen LogP contribution in [0.2, 0.25) is 10.0 Å². The Kier molecular flexibility index (Phi) is 6.50. The number of carbonyl (C=O) groups excluding carboxylic acids is 2. The van der Waals surface area contributed by atoms with Gasteiger partial charge in [0.2, 0.25) is 5.91 Å². The second-order valence-corrected chi connectivity index (χ2v) is 9.89. The van der Waals surface area contributed by atoms with Crippen molar-refractivity contribution in [3.05, 3.63) is 58.1 Å². The number of carbonyl (C=O) groups is 2. The highest BCUT2D eigenvalue weighted by Crippen LogP contribution is 2.33. The first-order valence-corrected chi connectivity index (χ1v) is 12.2. The maximum absolute atomic E-state index is 13.1. The van der Waals surface area contributed by atoms with E-state index in [4.69, 9.17) is 27.9 Å². The summed E-state index contributed by atoms with van der Waals surface area (Å²) in [5, 5.41) is 4.24. The summed E-state index contributed by atoms with van der Waals surface area (Å²) in [4.78, 5) is 28.5. The number of rotatable bonds is 2. The summed E-state index contributed by atoms with van der Waals surface area (Å²) in [5.74, 6) is 0.330. The Bertz CT molecular complexity index is 1040. The fourth-order valence-electron chi connectivity index (χ4n) is 5.14. The van der Waals surface area contributed by atoms with Crippen molar-refractivity contribution < 1.29 is 14.3 Å². The number of hydrogen-bond donors (Lipinski definition) is 1. The van der Waals surface area contributed by atoms with Gasteiger partial charge in [-0.05, 0) is 48.4 Å². The predicted octanol–water partition coefficient (Wildman–Crippen LogP) is 4.55. The van der Waals surface area contributed by atoms with Crippen LogP contribution in [0, 0.1) is 0 Å². The Morgan fingerprint density at radius 2 is 1.70 bits per heavy atom. The Morgan fingerprint density at radius 1 is 0.970 bits per heavy atom. The zero-order valence-corrected chi connectivity index (χ0v) is 19.8. The maximum Gasteiger partial charge on any atom is 0.320 e. The lowest BCUT2D eigenvalue weighted by molar-refractivity contribution is -0.139. The van der Waals surface area contributed by atoms with Crippen LogP contribution in [0.3, 0.4) is 0 Å². The average molecular weight is 488 g/mol. The largest absolute Gasteiger partial charge is 0.366 e. The number of likely N-dealkylation sites (tertiary alicyclic amines) is 2. The van der Waals surface area contributed by atoms with Crippen molar-refractivity contribution in [1.82, 2.24) is 15.1 Å². The van der Waals surface area contributed by atoms with E-state index in [2.05, 4.69) is 29.6 Å². The number of nitrogens with one attached hydrogen (secondary N) is 1. The van der Waals surface area contributed by atoms with Crippen LogP contribution in [0.1, 0.15) is 30.7 Å². The molecular weight excluding hydrogens is 461 g/mol. The monoisotopic (exact) mass is 487 g/mol. The van der Waals surface area contributed by atoms with Gasteiger partial charge in [0.05, 0.1) is 12.1 Å². The lowest BCUT2D eigenvalue weighted by Gasteiger charge is -2.43. The van der Waals surface area contributed by atoms with Crippen molar-refractivity contribution in [2.45, 2.75) is 37.3 Å². The van der Waals surface area contributed by atoms with Gasteiger partial charge in [-0.15, -0.1) is 0 Å². The lowest BCUT2D eigenvalue weighted by atomic mass is 9.88. The molecule has 8 heteroatoms. The van der Waals surface area contributed by atoms with E-state index in [1.54, 1.807) is 6.07 Å². The van der Waals surface area contributed by atoms with Gasteiger partial charge >= 0.3 is 6.03 Å². The average Bonchev–Trinajstić information content (AvgIpc) is 2.83. The van der Waals surface area contributed by atoms with E-state index in [0.29, 0.717) is 29.1 Å². The van der Waals surface area contributed by atoms with Crippen LogP contribution < -0.4 is 5.32 Å². The molecule has 3 amide bonds. The first kappa shape index (κ1) is 22.5. The van der Waals surface area contributed by atoms with Gasteiger partial charge in [0.1, 0.15) is 6.61 Å². The first-order chi connectivity index (χ1) is 16.0. The van der Waals surface area contributed by atoms with Crippen LogP contribution in [0.5, 0.6) is 0 Å². The van der Waals surface area contributed by atoms with Crippen LogP contribution in [-0.2, 0) is 9.53 Å². The minimum absolute atomic E-state index is 0.0169. The molecule has 3 saturated heterocycles. The third-order valence-corrected chi connectivity index (χ3v) is 7.53. The lowest BCUT2D eigenvalue weighted by Crippen LogP contribution is -2.62. The van der Waals surface area contributed by atoms with Crippen molar-refractivity contribution in [3.8, 4) is 11.1 Å². The Hall–Kier alpha value is -2.28. The van der Waals surface area contributed by atoms with E-state index < -0.39 is 0 Å². The van der Waals surface area contributed by atoms with E-state index in [9.17, 15) is 9.59 Å². The number of halogens is 2. The summed E-state index contributed by atoms with van der Waals surface area (Å²) in [6.45, 7) is 2.79. The number of ether oxygens (including phenoxy) is 1. The summed E-state index contributed by atoms with van der Waals surface area (Å²) in [6.07, 6.45) is 2.65. The third kappa shape index (κ3) is 4.84. The molecule has 3 aliphatic heterocycles. The van der Waals surface area contributed by atoms with E-state index in [1.165, 1.54) is 5.56 Å². The molecule has 1 unspecified atom stereocenters. The Labute approximate surface area is 203 Å². The fourth-order valence-corrected chi connectivity index (χ4v) is 5.65. The zero-order valence-electron chi connectivity index (χ0n) is 18.3. The molecule has 0 saturated carbocycles. The Morgan fingerprint density at radius 3 is 2.42 bits per heavy atom. The van der Waals surface area contributed by atoms with Crippen LogP contribution >= 0.6 is 23.2 Å². The molecule has 0 aliphatic carbocycles. The number of nitrogens with zero attached hydrogens (tertiary/aromatic N) is 2. The highest BCUT2D eigenvalue weighted by Gasteiger charge is 2.38. The molecule has 3 heterocycles. The zero-order chi connectivity index (χ0) is 22.9. The number of morpholine rings is 1. The number of benzene rings is 2. The normalized spacial score (nSPS) is 23.8. The highest BCUT2D eigenvalue weighted by atomic mass is 35.5. The molecule has 0 aromatic heterocycles. The second-order valence-electron chi connectivity index (χ2n) is 9.05. The third-order valence-electron chi connectivity index (χ3n) is 6.98. The number of urea groups is 1. The number of amides is 3. The van der Waals surface area contributed by atoms with Gasteiger partial charge < -0.3 is 19.9 Å². The second kappa shape index (κ2) is 9.53. The van der Waals surface area contributed by atoms with E-state index in [0.717, 1.165) is 43.5 Å². The maximum atomic E-state index is 13.1. The smallest absolute Gasteiger partial charge is 0.320 e. The van der Waals surface area contributed by atoms with E-state index in [-0.39, 0.29) is 30.7 Å². The Balaban J connectivity index is 1.17. The van der Waals surface area contributed by atoms with Crippen molar-refractivity contribution in [2.75, 3.05) is 32.8 Å². The molecule has 1 N–H and O–H groups in total. The van der Waals surface area contributed by atoms with Crippen LogP contribution in [0.25, 0.3) is 11.1 Å². The minimum Gasteiger partial charge on any atom is -0.366 e. The molecule has 3 aliphatic rings. The van der Waals surface area contributed by atoms with Crippen LogP contribution in [0.15, 0.2) is 42.5 Å². The topological polar surface area (TPSA) is 61.9 Å². The molecule has 174 valence electrons. The molecule has 0 bridgehead atoms. The molecule has 2 aromatic carbocycles. The summed E-state index contributed by atoms with van der Waals surface area (Å²) in [6, 6.07) is 14.1. The SMILES string of the molecule is O=C1CO[C@H]2CCN(C(=O)N3CCC(c4ccc(-c5ccc(Cl)cc5Cl)cc4)CC3)CC2N1. The standard InChI is InChI=1S/C25H27Cl2N3O3/c26-19-5-6-20(21(27)13-19)18-3-1-16(2-4-18)17-7-10-29(11-8-17)25(32)30-12-9-23-22(14-30)28-24(31)15-33-23/h1-6,13,17,22-23H,7-12,14-15H2,(H,28,31)/t22?,23-/m0/s1. The summed E-state index contributed by atoms with van der Waals surface area (Å²) < 4.78 is 5.60. The molecule has 3 fully saturated rings. The number of hydrogen-bond acceptors (Lipinski definition) is 3. The van der Waals surface area contributed by atoms with Crippen molar-refractivity contribution in [3.63, 3.8) is 0 Å². The predicted molar refractivity (Wildman–Crippen MR) is 129 cm³/mol. The first-order valence-electron chi connectivity index (χ1n) is 11.5. The molecule has 33 heavy (non-hydrogen) atoms. The van der Waals surface area contributed by atoms with Gasteiger partial charge in [-0.25, -0.2) is 4.79 Å². The fraction of sp³-hybridized carbons (Fsp3) is 0.440. The minimum atomic E-state index is -0.103. The van der Waals surface area contributed by atoms with E-state index in [1.807, 2.05) is 21.9 Å². The molecule has 0 spiro atoms. The van der Waals surface area contributed by atoms with Gasteiger partial charge in [0, 0.05) is 41.8 Å². The van der Waals surface area contributed by atoms with Gasteiger partial charge in [-0.1, -0.05) is 53.5 Å². The molecule has 2 aromatic rings. The summed E-state index contributed by atoms with van der Waals surface area (Å²) >= 11 is 12.4.